The maximum Gasteiger partial charge on any atom is 0.427 e. The predicted octanol–water partition coefficient (Wildman–Crippen LogP) is 0.798. The van der Waals surface area contributed by atoms with Gasteiger partial charge in [-0.1, -0.05) is 0 Å². The number of ether oxygens (including phenoxy) is 1. The molecule has 0 aliphatic rings. The Bertz CT molecular complexity index is 332. The highest BCUT2D eigenvalue weighted by Crippen LogP contribution is 1.95. The highest BCUT2D eigenvalue weighted by Gasteiger charge is 1.98. The van der Waals surface area contributed by atoms with Crippen LogP contribution in [-0.4, -0.2) is 28.9 Å². The van der Waals surface area contributed by atoms with Crippen LogP contribution in [-0.2, 0) is 4.74 Å². The summed E-state index contributed by atoms with van der Waals surface area (Å²) in [5.41, 5.74) is 3.77. The molecular formula is C8H12N4O2. The third-order valence-electron chi connectivity index (χ3n) is 1.49. The van der Waals surface area contributed by atoms with Crippen molar-refractivity contribution in [1.29, 1.82) is 0 Å². The van der Waals surface area contributed by atoms with Crippen molar-refractivity contribution < 1.29 is 9.53 Å². The van der Waals surface area contributed by atoms with Gasteiger partial charge in [0.05, 0.1) is 19.1 Å². The Kier molecular flexibility index (Phi) is 3.66. The minimum absolute atomic E-state index is 0.322. The monoisotopic (exact) mass is 196 g/mol. The van der Waals surface area contributed by atoms with E-state index in [9.17, 15) is 4.79 Å². The molecule has 0 aliphatic carbocycles. The number of carbonyl (C=O) groups is 1. The molecule has 0 atom stereocenters. The minimum Gasteiger partial charge on any atom is -0.449 e. The lowest BCUT2D eigenvalue weighted by Gasteiger charge is -1.97. The lowest BCUT2D eigenvalue weighted by molar-refractivity contribution is 0.152. The Labute approximate surface area is 81.4 Å². The summed E-state index contributed by atoms with van der Waals surface area (Å²) in [5, 5.41) is 3.66. The molecule has 0 saturated heterocycles. The number of H-pyrrole nitrogens is 1. The van der Waals surface area contributed by atoms with E-state index in [0.717, 1.165) is 5.69 Å². The number of aromatic nitrogens is 2. The molecule has 0 bridgehead atoms. The van der Waals surface area contributed by atoms with Crippen LogP contribution in [0.5, 0.6) is 0 Å². The van der Waals surface area contributed by atoms with Gasteiger partial charge >= 0.3 is 6.09 Å². The van der Waals surface area contributed by atoms with Crippen molar-refractivity contribution in [3.05, 3.63) is 17.7 Å². The van der Waals surface area contributed by atoms with E-state index in [1.807, 2.05) is 6.92 Å². The Hall–Kier alpha value is -1.85. The zero-order valence-electron chi connectivity index (χ0n) is 8.07. The Balaban J connectivity index is 2.42. The van der Waals surface area contributed by atoms with E-state index < -0.39 is 6.09 Å². The second kappa shape index (κ2) is 5.00. The van der Waals surface area contributed by atoms with Crippen molar-refractivity contribution in [1.82, 2.24) is 15.4 Å². The van der Waals surface area contributed by atoms with Crippen LogP contribution in [0.2, 0.25) is 0 Å². The van der Waals surface area contributed by atoms with Crippen molar-refractivity contribution in [2.24, 2.45) is 5.10 Å². The number of carbonyl (C=O) groups excluding carboxylic acids is 1. The lowest BCUT2D eigenvalue weighted by Crippen LogP contribution is -2.18. The van der Waals surface area contributed by atoms with Crippen molar-refractivity contribution in [3.8, 4) is 0 Å². The number of nitrogens with one attached hydrogen (secondary N) is 2. The molecule has 1 aromatic rings. The molecule has 0 fully saturated rings. The van der Waals surface area contributed by atoms with Gasteiger partial charge in [-0.3, -0.25) is 0 Å². The van der Waals surface area contributed by atoms with Gasteiger partial charge in [-0.2, -0.15) is 5.10 Å². The Morgan fingerprint density at radius 2 is 2.64 bits per heavy atom. The van der Waals surface area contributed by atoms with Crippen molar-refractivity contribution in [2.45, 2.75) is 13.8 Å². The first-order valence-corrected chi connectivity index (χ1v) is 4.19. The van der Waals surface area contributed by atoms with E-state index in [0.29, 0.717) is 12.3 Å². The first kappa shape index (κ1) is 10.2. The maximum absolute atomic E-state index is 10.8. The number of hydrazone groups is 1. The molecule has 76 valence electrons. The summed E-state index contributed by atoms with van der Waals surface area (Å²) >= 11 is 0. The van der Waals surface area contributed by atoms with Crippen LogP contribution in [0, 0.1) is 6.92 Å². The Morgan fingerprint density at radius 1 is 1.86 bits per heavy atom. The first-order chi connectivity index (χ1) is 6.74. The normalized spacial score (nSPS) is 10.4. The topological polar surface area (TPSA) is 79.4 Å². The third kappa shape index (κ3) is 2.89. The fourth-order valence-electron chi connectivity index (χ4n) is 0.809. The van der Waals surface area contributed by atoms with Crippen LogP contribution >= 0.6 is 0 Å². The summed E-state index contributed by atoms with van der Waals surface area (Å²) in [7, 11) is 0. The lowest BCUT2D eigenvalue weighted by atomic mass is 10.4. The number of imidazole rings is 1. The largest absolute Gasteiger partial charge is 0.449 e. The predicted molar refractivity (Wildman–Crippen MR) is 51.1 cm³/mol. The smallest absolute Gasteiger partial charge is 0.427 e. The van der Waals surface area contributed by atoms with Crippen LogP contribution in [0.3, 0.4) is 0 Å². The van der Waals surface area contributed by atoms with E-state index in [2.05, 4.69) is 25.2 Å². The van der Waals surface area contributed by atoms with E-state index in [-0.39, 0.29) is 0 Å². The van der Waals surface area contributed by atoms with Gasteiger partial charge in [0.2, 0.25) is 0 Å². The molecule has 6 nitrogen and oxygen atoms in total. The summed E-state index contributed by atoms with van der Waals surface area (Å²) < 4.78 is 4.60. The van der Waals surface area contributed by atoms with Gasteiger partial charge in [-0.15, -0.1) is 0 Å². The molecule has 2 N–H and O–H groups in total. The van der Waals surface area contributed by atoms with Gasteiger partial charge in [0.1, 0.15) is 5.69 Å². The third-order valence-corrected chi connectivity index (χ3v) is 1.49. The molecule has 1 aromatic heterocycles. The highest BCUT2D eigenvalue weighted by molar-refractivity contribution is 5.79. The van der Waals surface area contributed by atoms with Gasteiger partial charge < -0.3 is 9.72 Å². The van der Waals surface area contributed by atoms with Crippen molar-refractivity contribution in [2.75, 3.05) is 6.61 Å². The number of aryl methyl sites for hydroxylation is 1. The van der Waals surface area contributed by atoms with Crippen molar-refractivity contribution in [3.63, 3.8) is 0 Å². The van der Waals surface area contributed by atoms with Crippen LogP contribution in [0.4, 0.5) is 4.79 Å². The zero-order chi connectivity index (χ0) is 10.4. The minimum atomic E-state index is -0.572. The molecule has 1 heterocycles. The molecule has 1 amide bonds. The van der Waals surface area contributed by atoms with E-state index in [1.165, 1.54) is 6.21 Å². The van der Waals surface area contributed by atoms with E-state index in [1.54, 1.807) is 13.3 Å². The molecule has 1 rings (SSSR count). The van der Waals surface area contributed by atoms with Crippen LogP contribution in [0.1, 0.15) is 18.3 Å². The standard InChI is InChI=1S/C8H12N4O2/c1-3-14-8(13)12-11-4-7-6(2)9-5-10-7/h4-5H,3H2,1-2H3,(H,9,10)(H,12,13)/b11-4+. The molecule has 0 aromatic carbocycles. The molecular weight excluding hydrogens is 184 g/mol. The summed E-state index contributed by atoms with van der Waals surface area (Å²) in [6, 6.07) is 0. The molecule has 0 spiro atoms. The number of rotatable bonds is 3. The second-order valence-electron chi connectivity index (χ2n) is 2.50. The van der Waals surface area contributed by atoms with Crippen LogP contribution in [0.15, 0.2) is 11.4 Å². The average molecular weight is 196 g/mol. The molecule has 14 heavy (non-hydrogen) atoms. The second-order valence-corrected chi connectivity index (χ2v) is 2.50. The van der Waals surface area contributed by atoms with Gasteiger partial charge in [0.15, 0.2) is 0 Å². The SMILES string of the molecule is CCOC(=O)N/N=C/c1nc[nH]c1C. The number of aromatic amines is 1. The van der Waals surface area contributed by atoms with Crippen molar-refractivity contribution >= 4 is 12.3 Å². The Morgan fingerprint density at radius 3 is 3.21 bits per heavy atom. The van der Waals surface area contributed by atoms with E-state index in [4.69, 9.17) is 0 Å². The summed E-state index contributed by atoms with van der Waals surface area (Å²) in [6.45, 7) is 3.91. The maximum atomic E-state index is 10.8. The molecule has 0 aliphatic heterocycles. The van der Waals surface area contributed by atoms with E-state index >= 15 is 0 Å². The number of nitrogens with zero attached hydrogens (tertiary/aromatic N) is 2. The fraction of sp³-hybridized carbons (Fsp3) is 0.375. The summed E-state index contributed by atoms with van der Waals surface area (Å²) in [5.74, 6) is 0. The zero-order valence-corrected chi connectivity index (χ0v) is 8.07. The number of amides is 1. The van der Waals surface area contributed by atoms with Gasteiger partial charge in [0.25, 0.3) is 0 Å². The quantitative estimate of drug-likeness (QED) is 0.554. The number of hydrogen-bond acceptors (Lipinski definition) is 4. The summed E-state index contributed by atoms with van der Waals surface area (Å²) in [6.07, 6.45) is 2.43. The average Bonchev–Trinajstić information content (AvgIpc) is 2.52. The first-order valence-electron chi connectivity index (χ1n) is 4.19. The number of hydrogen-bond donors (Lipinski definition) is 2. The molecule has 0 saturated carbocycles. The van der Waals surface area contributed by atoms with Gasteiger partial charge in [0, 0.05) is 5.69 Å². The van der Waals surface area contributed by atoms with Gasteiger partial charge in [-0.25, -0.2) is 15.2 Å². The fourth-order valence-corrected chi connectivity index (χ4v) is 0.809. The molecule has 0 unspecified atom stereocenters. The highest BCUT2D eigenvalue weighted by atomic mass is 16.5. The molecule has 6 heteroatoms. The van der Waals surface area contributed by atoms with Crippen LogP contribution in [0.25, 0.3) is 0 Å². The summed E-state index contributed by atoms with van der Waals surface area (Å²) in [4.78, 5) is 17.6. The van der Waals surface area contributed by atoms with Crippen LogP contribution < -0.4 is 5.43 Å². The van der Waals surface area contributed by atoms with Gasteiger partial charge in [-0.05, 0) is 13.8 Å². The molecule has 0 radical (unpaired) electrons.